The normalized spacial score (nSPS) is 22.4. The van der Waals surface area contributed by atoms with Gasteiger partial charge in [0.2, 0.25) is 0 Å². The van der Waals surface area contributed by atoms with Gasteiger partial charge in [0.15, 0.2) is 6.23 Å². The van der Waals surface area contributed by atoms with Crippen LogP contribution in [-0.2, 0) is 20.4 Å². The maximum Gasteiger partial charge on any atom is 0.469 e. The van der Waals surface area contributed by atoms with Gasteiger partial charge in [0, 0.05) is 18.5 Å². The first-order chi connectivity index (χ1) is 16.5. The SMILES string of the molecule is Cc1ccccc1-c1ccnc(Cn2c(=O)ccn([C@@H]3O[C@H](COP(=O)(O)O)C(O)C3O)c2=O)c1. The van der Waals surface area contributed by atoms with Crippen LogP contribution in [0.15, 0.2) is 64.4 Å². The van der Waals surface area contributed by atoms with Crippen molar-refractivity contribution in [1.82, 2.24) is 14.1 Å². The van der Waals surface area contributed by atoms with Crippen molar-refractivity contribution in [1.29, 1.82) is 0 Å². The number of pyridine rings is 1. The van der Waals surface area contributed by atoms with Crippen LogP contribution in [0, 0.1) is 6.92 Å². The molecule has 2 aromatic heterocycles. The molecule has 35 heavy (non-hydrogen) atoms. The average molecular weight is 505 g/mol. The van der Waals surface area contributed by atoms with Crippen LogP contribution in [0.5, 0.6) is 0 Å². The molecule has 4 N–H and O–H groups in total. The molecule has 3 aromatic rings. The fourth-order valence-corrected chi connectivity index (χ4v) is 4.27. The highest BCUT2D eigenvalue weighted by Gasteiger charge is 2.45. The minimum Gasteiger partial charge on any atom is -0.387 e. The maximum absolute atomic E-state index is 13.1. The lowest BCUT2D eigenvalue weighted by Gasteiger charge is -2.19. The number of phosphoric acid groups is 1. The first-order valence-corrected chi connectivity index (χ1v) is 12.1. The number of hydrogen-bond acceptors (Lipinski definition) is 8. The Labute approximate surface area is 198 Å². The molecule has 0 spiro atoms. The van der Waals surface area contributed by atoms with Crippen LogP contribution < -0.4 is 11.2 Å². The fourth-order valence-electron chi connectivity index (χ4n) is 3.93. The summed E-state index contributed by atoms with van der Waals surface area (Å²) >= 11 is 0. The largest absolute Gasteiger partial charge is 0.469 e. The van der Waals surface area contributed by atoms with Gasteiger partial charge in [-0.05, 0) is 35.7 Å². The van der Waals surface area contributed by atoms with E-state index < -0.39 is 50.2 Å². The lowest BCUT2D eigenvalue weighted by atomic mass is 10.0. The second kappa shape index (κ2) is 9.96. The fraction of sp³-hybridized carbons (Fsp3) is 0.318. The molecule has 0 radical (unpaired) electrons. The van der Waals surface area contributed by atoms with Gasteiger partial charge in [-0.3, -0.25) is 23.4 Å². The third-order valence-corrected chi connectivity index (χ3v) is 6.19. The minimum absolute atomic E-state index is 0.158. The van der Waals surface area contributed by atoms with Crippen LogP contribution in [0.3, 0.4) is 0 Å². The quantitative estimate of drug-likeness (QED) is 0.324. The molecule has 0 bridgehead atoms. The Morgan fingerprint density at radius 2 is 1.86 bits per heavy atom. The lowest BCUT2D eigenvalue weighted by Crippen LogP contribution is -2.43. The summed E-state index contributed by atoms with van der Waals surface area (Å²) in [6.07, 6.45) is -3.25. The molecule has 1 fully saturated rings. The summed E-state index contributed by atoms with van der Waals surface area (Å²) in [4.78, 5) is 47.6. The highest BCUT2D eigenvalue weighted by Crippen LogP contribution is 2.38. The maximum atomic E-state index is 13.1. The monoisotopic (exact) mass is 505 g/mol. The Morgan fingerprint density at radius 1 is 1.11 bits per heavy atom. The summed E-state index contributed by atoms with van der Waals surface area (Å²) in [5.74, 6) is 0. The van der Waals surface area contributed by atoms with Gasteiger partial charge in [0.25, 0.3) is 5.56 Å². The molecule has 1 aliphatic heterocycles. The third kappa shape index (κ3) is 5.49. The molecule has 186 valence electrons. The minimum atomic E-state index is -4.84. The van der Waals surface area contributed by atoms with Crippen molar-refractivity contribution >= 4 is 7.82 Å². The Morgan fingerprint density at radius 3 is 2.57 bits per heavy atom. The zero-order chi connectivity index (χ0) is 25.3. The molecule has 0 aliphatic carbocycles. The molecule has 12 nitrogen and oxygen atoms in total. The number of hydrogen-bond donors (Lipinski definition) is 4. The predicted octanol–water partition coefficient (Wildman–Crippen LogP) is 0.157. The second-order valence-electron chi connectivity index (χ2n) is 8.11. The van der Waals surface area contributed by atoms with Crippen molar-refractivity contribution in [3.63, 3.8) is 0 Å². The van der Waals surface area contributed by atoms with E-state index in [4.69, 9.17) is 14.5 Å². The number of aliphatic hydroxyl groups excluding tert-OH is 2. The van der Waals surface area contributed by atoms with E-state index in [1.807, 2.05) is 37.3 Å². The molecular weight excluding hydrogens is 481 g/mol. The molecule has 1 aliphatic rings. The first-order valence-electron chi connectivity index (χ1n) is 10.6. The Bertz CT molecular complexity index is 1380. The van der Waals surface area contributed by atoms with Crippen molar-refractivity contribution in [2.75, 3.05) is 6.61 Å². The predicted molar refractivity (Wildman–Crippen MR) is 122 cm³/mol. The van der Waals surface area contributed by atoms with Crippen molar-refractivity contribution < 1.29 is 33.8 Å². The van der Waals surface area contributed by atoms with E-state index in [1.54, 1.807) is 12.3 Å². The van der Waals surface area contributed by atoms with Crippen molar-refractivity contribution in [3.05, 3.63) is 87.0 Å². The summed E-state index contributed by atoms with van der Waals surface area (Å²) in [6, 6.07) is 12.4. The highest BCUT2D eigenvalue weighted by molar-refractivity contribution is 7.46. The standard InChI is InChI=1S/C22H24N3O9P/c1-13-4-2-3-5-16(13)14-6-8-23-15(10-14)11-25-18(26)7-9-24(22(25)29)21-20(28)19(27)17(34-21)12-33-35(30,31)32/h2-10,17,19-21,27-28H,11-12H2,1H3,(H2,30,31,32)/t17-,19?,20?,21-/m1/s1. The van der Waals surface area contributed by atoms with E-state index in [-0.39, 0.29) is 6.54 Å². The van der Waals surface area contributed by atoms with E-state index >= 15 is 0 Å². The number of aryl methyl sites for hydroxylation is 1. The van der Waals surface area contributed by atoms with E-state index in [2.05, 4.69) is 9.51 Å². The average Bonchev–Trinajstić information content (AvgIpc) is 3.09. The molecule has 4 rings (SSSR count). The van der Waals surface area contributed by atoms with Crippen LogP contribution in [-0.4, -0.2) is 59.0 Å². The molecule has 0 amide bonds. The molecule has 0 saturated carbocycles. The van der Waals surface area contributed by atoms with Gasteiger partial charge in [-0.15, -0.1) is 0 Å². The van der Waals surface area contributed by atoms with Crippen LogP contribution in [0.1, 0.15) is 17.5 Å². The number of aromatic nitrogens is 3. The highest BCUT2D eigenvalue weighted by atomic mass is 31.2. The number of phosphoric ester groups is 1. The van der Waals surface area contributed by atoms with Crippen LogP contribution in [0.4, 0.5) is 0 Å². The van der Waals surface area contributed by atoms with E-state index in [1.165, 1.54) is 0 Å². The molecule has 1 aromatic carbocycles. The molecule has 3 heterocycles. The Balaban J connectivity index is 1.62. The number of nitrogens with zero attached hydrogens (tertiary/aromatic N) is 3. The second-order valence-corrected chi connectivity index (χ2v) is 9.35. The van der Waals surface area contributed by atoms with Gasteiger partial charge in [-0.2, -0.15) is 0 Å². The van der Waals surface area contributed by atoms with Gasteiger partial charge in [-0.1, -0.05) is 24.3 Å². The van der Waals surface area contributed by atoms with Gasteiger partial charge in [-0.25, -0.2) is 9.36 Å². The van der Waals surface area contributed by atoms with E-state index in [0.29, 0.717) is 5.69 Å². The molecule has 13 heteroatoms. The van der Waals surface area contributed by atoms with Crippen LogP contribution in [0.25, 0.3) is 11.1 Å². The van der Waals surface area contributed by atoms with Crippen LogP contribution in [0.2, 0.25) is 0 Å². The summed E-state index contributed by atoms with van der Waals surface area (Å²) in [5, 5.41) is 20.6. The summed E-state index contributed by atoms with van der Waals surface area (Å²) < 4.78 is 22.6. The van der Waals surface area contributed by atoms with Crippen molar-refractivity contribution in [2.24, 2.45) is 0 Å². The van der Waals surface area contributed by atoms with Gasteiger partial charge in [0.1, 0.15) is 18.3 Å². The summed E-state index contributed by atoms with van der Waals surface area (Å²) in [7, 11) is -4.84. The summed E-state index contributed by atoms with van der Waals surface area (Å²) in [5.41, 5.74) is 1.91. The number of aliphatic hydroxyl groups is 2. The van der Waals surface area contributed by atoms with Crippen molar-refractivity contribution in [2.45, 2.75) is 38.0 Å². The Kier molecular flexibility index (Phi) is 7.15. The third-order valence-electron chi connectivity index (χ3n) is 5.71. The van der Waals surface area contributed by atoms with Crippen LogP contribution >= 0.6 is 7.82 Å². The molecular formula is C22H24N3O9P. The summed E-state index contributed by atoms with van der Waals surface area (Å²) in [6.45, 7) is 1.09. The van der Waals surface area contributed by atoms with E-state index in [0.717, 1.165) is 38.1 Å². The number of benzene rings is 1. The smallest absolute Gasteiger partial charge is 0.387 e. The van der Waals surface area contributed by atoms with Gasteiger partial charge in [0.05, 0.1) is 18.8 Å². The topological polar surface area (TPSA) is 173 Å². The first kappa shape index (κ1) is 25.1. The van der Waals surface area contributed by atoms with Gasteiger partial charge < -0.3 is 24.7 Å². The van der Waals surface area contributed by atoms with Crippen molar-refractivity contribution in [3.8, 4) is 11.1 Å². The molecule has 1 saturated heterocycles. The lowest BCUT2D eigenvalue weighted by molar-refractivity contribution is -0.0548. The number of rotatable bonds is 7. The zero-order valence-electron chi connectivity index (χ0n) is 18.5. The molecule has 2 unspecified atom stereocenters. The van der Waals surface area contributed by atoms with E-state index in [9.17, 15) is 24.4 Å². The number of ether oxygens (including phenoxy) is 1. The Hall–Kier alpha value is -2.96. The van der Waals surface area contributed by atoms with Gasteiger partial charge >= 0.3 is 13.5 Å². The molecule has 4 atom stereocenters. The zero-order valence-corrected chi connectivity index (χ0v) is 19.4.